The highest BCUT2D eigenvalue weighted by atomic mass is 16.2. The number of carbonyl (C=O) groups excluding carboxylic acids is 9. The minimum Gasteiger partial charge on any atom is -0.352 e. The van der Waals surface area contributed by atoms with Crippen molar-refractivity contribution < 1.29 is 43.2 Å². The van der Waals surface area contributed by atoms with Gasteiger partial charge < -0.3 is 31.6 Å². The summed E-state index contributed by atoms with van der Waals surface area (Å²) >= 11 is 0. The van der Waals surface area contributed by atoms with Crippen molar-refractivity contribution in [2.45, 2.75) is 83.1 Å². The molecule has 3 aromatic carbocycles. The number of ketones is 4. The predicted molar refractivity (Wildman–Crippen MR) is 257 cm³/mol. The average molecular weight is 936 g/mol. The van der Waals surface area contributed by atoms with Crippen LogP contribution in [0.25, 0.3) is 10.9 Å². The molecule has 3 heterocycles. The number of urea groups is 1. The van der Waals surface area contributed by atoms with E-state index in [4.69, 9.17) is 5.73 Å². The van der Waals surface area contributed by atoms with E-state index in [9.17, 15) is 43.2 Å². The van der Waals surface area contributed by atoms with E-state index in [0.29, 0.717) is 54.9 Å². The first-order valence-electron chi connectivity index (χ1n) is 23.7. The smallest absolute Gasteiger partial charge is 0.312 e. The Morgan fingerprint density at radius 2 is 1.61 bits per heavy atom. The SMILES string of the molecule is CC(C)[C@H](NCCCC(=O)CCCN1C(=O)C=CC1=O)C(=O)C[C@@H](CCCNC(N)=O)C(=O)Nc1ccc(C(=O)Cc2ccc3[nH]c(C(=O)N4C[C@H]5CC56C4=CC(=O)c4ccccc46)cc3c2)cc1. The molecule has 1 aromatic heterocycles. The molecule has 16 nitrogen and oxygen atoms in total. The van der Waals surface area contributed by atoms with Crippen LogP contribution in [-0.4, -0.2) is 99.8 Å². The summed E-state index contributed by atoms with van der Waals surface area (Å²) in [4.78, 5) is 121. The van der Waals surface area contributed by atoms with Crippen LogP contribution in [0.2, 0.25) is 0 Å². The molecule has 358 valence electrons. The van der Waals surface area contributed by atoms with Crippen molar-refractivity contribution in [1.82, 2.24) is 25.4 Å². The van der Waals surface area contributed by atoms with E-state index in [2.05, 4.69) is 20.9 Å². The average Bonchev–Trinajstić information content (AvgIpc) is 3.52. The Bertz CT molecular complexity index is 2790. The molecule has 8 rings (SSSR count). The van der Waals surface area contributed by atoms with Crippen LogP contribution in [-0.2, 0) is 35.8 Å². The Morgan fingerprint density at radius 1 is 0.870 bits per heavy atom. The van der Waals surface area contributed by atoms with Crippen molar-refractivity contribution in [3.63, 3.8) is 0 Å². The Balaban J connectivity index is 0.835. The molecule has 2 aliphatic carbocycles. The number of piperidine rings is 1. The number of fused-ring (bicyclic) bond motifs is 2. The number of hydrogen-bond donors (Lipinski definition) is 5. The van der Waals surface area contributed by atoms with Crippen molar-refractivity contribution in [2.24, 2.45) is 23.5 Å². The van der Waals surface area contributed by atoms with Crippen molar-refractivity contribution in [3.05, 3.63) is 125 Å². The first-order chi connectivity index (χ1) is 33.1. The fourth-order valence-electron chi connectivity index (χ4n) is 10.1. The lowest BCUT2D eigenvalue weighted by molar-refractivity contribution is -0.137. The van der Waals surface area contributed by atoms with E-state index in [1.54, 1.807) is 41.3 Å². The number of benzene rings is 3. The molecule has 0 bridgehead atoms. The van der Waals surface area contributed by atoms with Gasteiger partial charge in [-0.3, -0.25) is 43.3 Å². The van der Waals surface area contributed by atoms with Gasteiger partial charge in [0.2, 0.25) is 5.91 Å². The molecule has 4 aromatic rings. The number of allylic oxidation sites excluding steroid dienone is 2. The van der Waals surface area contributed by atoms with Gasteiger partial charge >= 0.3 is 6.03 Å². The van der Waals surface area contributed by atoms with Gasteiger partial charge in [-0.05, 0) is 104 Å². The van der Waals surface area contributed by atoms with Gasteiger partial charge in [-0.2, -0.15) is 0 Å². The number of H-pyrrole nitrogens is 1. The summed E-state index contributed by atoms with van der Waals surface area (Å²) in [6, 6.07) is 20.3. The summed E-state index contributed by atoms with van der Waals surface area (Å²) in [6.45, 7) is 5.13. The summed E-state index contributed by atoms with van der Waals surface area (Å²) in [5.41, 5.74) is 10.2. The number of nitrogens with zero attached hydrogens (tertiary/aromatic N) is 2. The minimum absolute atomic E-state index is 0.00766. The zero-order valence-electron chi connectivity index (χ0n) is 38.8. The summed E-state index contributed by atoms with van der Waals surface area (Å²) in [7, 11) is 0. The molecule has 1 unspecified atom stereocenters. The first-order valence-corrected chi connectivity index (χ1v) is 23.7. The molecule has 1 saturated heterocycles. The van der Waals surface area contributed by atoms with Crippen LogP contribution in [0.1, 0.15) is 108 Å². The number of imide groups is 1. The number of primary amides is 1. The number of hydrogen-bond acceptors (Lipinski definition) is 10. The number of anilines is 1. The van der Waals surface area contributed by atoms with Gasteiger partial charge in [0.25, 0.3) is 17.7 Å². The van der Waals surface area contributed by atoms with Crippen molar-refractivity contribution in [3.8, 4) is 0 Å². The zero-order valence-corrected chi connectivity index (χ0v) is 38.8. The number of nitrogens with two attached hydrogens (primary N) is 1. The molecule has 1 spiro atoms. The van der Waals surface area contributed by atoms with Crippen LogP contribution < -0.4 is 21.7 Å². The maximum Gasteiger partial charge on any atom is 0.312 e. The third kappa shape index (κ3) is 10.6. The molecule has 6 N–H and O–H groups in total. The highest BCUT2D eigenvalue weighted by molar-refractivity contribution is 6.13. The van der Waals surface area contributed by atoms with E-state index in [1.807, 2.05) is 56.3 Å². The number of likely N-dealkylation sites (tertiary alicyclic amines) is 1. The highest BCUT2D eigenvalue weighted by Gasteiger charge is 2.67. The topological polar surface area (TPSA) is 238 Å². The standard InChI is InChI=1S/C53H57N7O9/c1-31(2)49(55-21-6-9-38(61)10-7-23-59-47(65)19-20-48(59)66)45(64)27-34(8-5-22-56-52(54)69)50(67)57-37-16-14-33(15-17-37)43(62)25-32-13-18-41-35(24-32)26-42(58-41)51(68)60-30-36-29-53(36)40-12-4-3-11-39(40)44(63)28-46(53)60/h3-4,11-20,24,26,28,31,34,36,49,55,58H,5-10,21-23,25,27,29-30H2,1-2H3,(H,57,67)(H3,54,56,69)/t34-,36-,49+,53?/m1/s1. The Labute approximate surface area is 399 Å². The van der Waals surface area contributed by atoms with Crippen LogP contribution in [0.15, 0.2) is 96.7 Å². The van der Waals surface area contributed by atoms with Crippen LogP contribution in [0.4, 0.5) is 10.5 Å². The van der Waals surface area contributed by atoms with Gasteiger partial charge in [0, 0.05) is 108 Å². The predicted octanol–water partition coefficient (Wildman–Crippen LogP) is 5.72. The number of nitrogens with one attached hydrogen (secondary N) is 4. The summed E-state index contributed by atoms with van der Waals surface area (Å²) < 4.78 is 0. The number of Topliss-reactive ketones (excluding diaryl/α,β-unsaturated/α-hetero) is 3. The molecule has 1 saturated carbocycles. The Hall–Kier alpha value is -7.33. The van der Waals surface area contributed by atoms with Gasteiger partial charge in [0.1, 0.15) is 11.5 Å². The van der Waals surface area contributed by atoms with E-state index in [-0.39, 0.29) is 103 Å². The monoisotopic (exact) mass is 935 g/mol. The molecular formula is C53H57N7O9. The molecule has 16 heteroatoms. The Kier molecular flexibility index (Phi) is 14.3. The molecule has 4 atom stereocenters. The van der Waals surface area contributed by atoms with E-state index in [1.165, 1.54) is 12.2 Å². The molecule has 2 aliphatic heterocycles. The number of amides is 6. The quantitative estimate of drug-likeness (QED) is 0.0345. The second kappa shape index (κ2) is 20.5. The molecule has 4 aliphatic rings. The van der Waals surface area contributed by atoms with Gasteiger partial charge in [0.05, 0.1) is 6.04 Å². The van der Waals surface area contributed by atoms with Crippen LogP contribution >= 0.6 is 0 Å². The van der Waals surface area contributed by atoms with E-state index in [0.717, 1.165) is 39.0 Å². The fraction of sp³-hybridized carbons (Fsp3) is 0.377. The van der Waals surface area contributed by atoms with E-state index < -0.39 is 23.9 Å². The second-order valence-corrected chi connectivity index (χ2v) is 18.9. The normalized spacial score (nSPS) is 18.7. The van der Waals surface area contributed by atoms with Crippen LogP contribution in [0.3, 0.4) is 0 Å². The van der Waals surface area contributed by atoms with Crippen molar-refractivity contribution >= 4 is 69.4 Å². The van der Waals surface area contributed by atoms with Crippen LogP contribution in [0.5, 0.6) is 0 Å². The van der Waals surface area contributed by atoms with Crippen molar-refractivity contribution in [2.75, 3.05) is 31.5 Å². The molecular weight excluding hydrogens is 879 g/mol. The van der Waals surface area contributed by atoms with Gasteiger partial charge in [-0.15, -0.1) is 0 Å². The van der Waals surface area contributed by atoms with Gasteiger partial charge in [-0.1, -0.05) is 44.2 Å². The lowest BCUT2D eigenvalue weighted by Crippen LogP contribution is -2.43. The van der Waals surface area contributed by atoms with Crippen LogP contribution in [0, 0.1) is 17.8 Å². The minimum atomic E-state index is -0.745. The maximum absolute atomic E-state index is 13.9. The zero-order chi connectivity index (χ0) is 49.0. The molecule has 6 amide bonds. The Morgan fingerprint density at radius 3 is 2.35 bits per heavy atom. The lowest BCUT2D eigenvalue weighted by Gasteiger charge is -2.29. The third-order valence-corrected chi connectivity index (χ3v) is 13.8. The highest BCUT2D eigenvalue weighted by Crippen LogP contribution is 2.66. The molecule has 2 fully saturated rings. The summed E-state index contributed by atoms with van der Waals surface area (Å²) in [5.74, 6) is -2.36. The van der Waals surface area contributed by atoms with Gasteiger partial charge in [-0.25, -0.2) is 4.79 Å². The molecule has 0 radical (unpaired) electrons. The molecule has 69 heavy (non-hydrogen) atoms. The number of aromatic amines is 1. The van der Waals surface area contributed by atoms with Gasteiger partial charge in [0.15, 0.2) is 17.3 Å². The first kappa shape index (κ1) is 48.1. The fourth-order valence-corrected chi connectivity index (χ4v) is 10.1. The summed E-state index contributed by atoms with van der Waals surface area (Å²) in [5, 5.41) is 9.45. The largest absolute Gasteiger partial charge is 0.352 e. The third-order valence-electron chi connectivity index (χ3n) is 13.8. The lowest BCUT2D eigenvalue weighted by atomic mass is 9.81. The second-order valence-electron chi connectivity index (χ2n) is 18.9. The van der Waals surface area contributed by atoms with E-state index >= 15 is 0 Å². The number of carbonyl (C=O) groups is 9. The number of aromatic nitrogens is 1. The summed E-state index contributed by atoms with van der Waals surface area (Å²) in [6.07, 6.45) is 7.01. The van der Waals surface area contributed by atoms with Crippen molar-refractivity contribution in [1.29, 1.82) is 0 Å². The maximum atomic E-state index is 13.9. The number of rotatable bonds is 23.